The Morgan fingerprint density at radius 1 is 1.18 bits per heavy atom. The first-order valence-electron chi connectivity index (χ1n) is 9.39. The van der Waals surface area contributed by atoms with Gasteiger partial charge < -0.3 is 10.8 Å². The number of pyridine rings is 2. The highest BCUT2D eigenvalue weighted by molar-refractivity contribution is 6.10. The van der Waals surface area contributed by atoms with E-state index in [4.69, 9.17) is 10.8 Å². The Kier molecular flexibility index (Phi) is 5.24. The number of nitrogen functional groups attached to an aromatic ring is 1. The third-order valence-corrected chi connectivity index (χ3v) is 4.90. The van der Waals surface area contributed by atoms with Gasteiger partial charge in [-0.3, -0.25) is 14.5 Å². The number of aryl methyl sites for hydroxylation is 1. The number of nitrogens with two attached hydrogens (primary N) is 1. The van der Waals surface area contributed by atoms with E-state index in [1.54, 1.807) is 24.0 Å². The second-order valence-corrected chi connectivity index (χ2v) is 7.10. The smallest absolute Gasteiger partial charge is 0.423 e. The minimum absolute atomic E-state index is 0.0503. The van der Waals surface area contributed by atoms with Gasteiger partial charge in [-0.15, -0.1) is 0 Å². The standard InChI is InChI=1S/C20H16F3N7O3/c1-29-16-13-6-10(2-5-15(13)27-17(24)14(16)8-26-29)18(31)30(28-19(32)33)9-12-4-3-11(7-25-12)20(21,22)23/h2-8,28H,9H2,1H3,(H2,24,27)(H,32,33). The fraction of sp³-hybridized carbons (Fsp3) is 0.150. The van der Waals surface area contributed by atoms with Gasteiger partial charge in [-0.25, -0.2) is 20.2 Å². The maximum Gasteiger partial charge on any atom is 0.423 e. The summed E-state index contributed by atoms with van der Waals surface area (Å²) in [4.78, 5) is 32.3. The van der Waals surface area contributed by atoms with E-state index in [2.05, 4.69) is 15.1 Å². The highest BCUT2D eigenvalue weighted by atomic mass is 19.4. The van der Waals surface area contributed by atoms with Crippen molar-refractivity contribution in [3.63, 3.8) is 0 Å². The van der Waals surface area contributed by atoms with E-state index in [0.717, 1.165) is 17.1 Å². The number of hydrazine groups is 1. The molecule has 3 aromatic heterocycles. The van der Waals surface area contributed by atoms with Crippen molar-refractivity contribution in [2.45, 2.75) is 12.7 Å². The van der Waals surface area contributed by atoms with Crippen LogP contribution >= 0.6 is 0 Å². The number of fused-ring (bicyclic) bond motifs is 3. The van der Waals surface area contributed by atoms with Crippen LogP contribution < -0.4 is 11.2 Å². The van der Waals surface area contributed by atoms with Crippen molar-refractivity contribution >= 4 is 39.6 Å². The van der Waals surface area contributed by atoms with Crippen molar-refractivity contribution in [3.05, 3.63) is 59.5 Å². The quantitative estimate of drug-likeness (QED) is 0.400. The summed E-state index contributed by atoms with van der Waals surface area (Å²) >= 11 is 0. The normalized spacial score (nSPS) is 11.6. The summed E-state index contributed by atoms with van der Waals surface area (Å²) < 4.78 is 39.8. The minimum atomic E-state index is -4.57. The third-order valence-electron chi connectivity index (χ3n) is 4.90. The minimum Gasteiger partial charge on any atom is -0.464 e. The van der Waals surface area contributed by atoms with E-state index in [1.165, 1.54) is 12.1 Å². The predicted molar refractivity (Wildman–Crippen MR) is 111 cm³/mol. The molecule has 0 saturated heterocycles. The van der Waals surface area contributed by atoms with Crippen LogP contribution in [0.5, 0.6) is 0 Å². The van der Waals surface area contributed by atoms with E-state index >= 15 is 0 Å². The molecule has 0 aliphatic heterocycles. The number of nitrogens with one attached hydrogen (secondary N) is 1. The summed E-state index contributed by atoms with van der Waals surface area (Å²) in [5.74, 6) is -0.472. The van der Waals surface area contributed by atoms with Crippen molar-refractivity contribution < 1.29 is 27.9 Å². The molecular weight excluding hydrogens is 443 g/mol. The zero-order chi connectivity index (χ0) is 23.9. The number of hydrogen-bond acceptors (Lipinski definition) is 6. The zero-order valence-electron chi connectivity index (χ0n) is 17.0. The molecule has 2 amide bonds. The Balaban J connectivity index is 1.70. The SMILES string of the molecule is Cn1ncc2c(N)nc3ccc(C(=O)N(Cc4ccc(C(F)(F)F)cn4)NC(=O)O)cc3c21. The maximum absolute atomic E-state index is 13.1. The second kappa shape index (κ2) is 7.93. The Morgan fingerprint density at radius 2 is 1.94 bits per heavy atom. The molecule has 0 fully saturated rings. The number of alkyl halides is 3. The molecule has 0 aliphatic rings. The van der Waals surface area contributed by atoms with Crippen molar-refractivity contribution in [2.24, 2.45) is 7.05 Å². The molecule has 1 aromatic carbocycles. The summed E-state index contributed by atoms with van der Waals surface area (Å²) in [5, 5.41) is 15.2. The summed E-state index contributed by atoms with van der Waals surface area (Å²) in [5.41, 5.74) is 8.26. The lowest BCUT2D eigenvalue weighted by Crippen LogP contribution is -2.45. The van der Waals surface area contributed by atoms with Gasteiger partial charge in [0, 0.05) is 24.2 Å². The second-order valence-electron chi connectivity index (χ2n) is 7.10. The lowest BCUT2D eigenvalue weighted by molar-refractivity contribution is -0.137. The zero-order valence-corrected chi connectivity index (χ0v) is 17.0. The summed E-state index contributed by atoms with van der Waals surface area (Å²) in [6, 6.07) is 6.39. The Labute approximate surface area is 183 Å². The fourth-order valence-electron chi connectivity index (χ4n) is 3.37. The lowest BCUT2D eigenvalue weighted by atomic mass is 10.1. The maximum atomic E-state index is 13.1. The largest absolute Gasteiger partial charge is 0.464 e. The highest BCUT2D eigenvalue weighted by Gasteiger charge is 2.31. The molecule has 4 N–H and O–H groups in total. The Morgan fingerprint density at radius 3 is 2.58 bits per heavy atom. The number of nitrogens with zero attached hydrogens (tertiary/aromatic N) is 5. The first-order chi connectivity index (χ1) is 15.5. The van der Waals surface area contributed by atoms with E-state index < -0.39 is 30.3 Å². The number of carbonyl (C=O) groups excluding carboxylic acids is 1. The van der Waals surface area contributed by atoms with Gasteiger partial charge in [0.25, 0.3) is 5.91 Å². The molecule has 10 nitrogen and oxygen atoms in total. The van der Waals surface area contributed by atoms with Crippen LogP contribution in [0.1, 0.15) is 21.6 Å². The first-order valence-corrected chi connectivity index (χ1v) is 9.39. The van der Waals surface area contributed by atoms with E-state index in [-0.39, 0.29) is 17.1 Å². The van der Waals surface area contributed by atoms with Gasteiger partial charge in [-0.1, -0.05) is 0 Å². The number of anilines is 1. The summed E-state index contributed by atoms with van der Waals surface area (Å²) in [6.45, 7) is -0.400. The molecule has 0 atom stereocenters. The van der Waals surface area contributed by atoms with Crippen LogP contribution in [-0.2, 0) is 19.8 Å². The molecule has 0 radical (unpaired) electrons. The van der Waals surface area contributed by atoms with Crippen LogP contribution in [0.15, 0.2) is 42.7 Å². The monoisotopic (exact) mass is 459 g/mol. The molecule has 33 heavy (non-hydrogen) atoms. The number of benzene rings is 1. The predicted octanol–water partition coefficient (Wildman–Crippen LogP) is 2.94. The van der Waals surface area contributed by atoms with E-state index in [1.807, 2.05) is 5.43 Å². The number of amides is 2. The number of hydrogen-bond donors (Lipinski definition) is 3. The van der Waals surface area contributed by atoms with E-state index in [9.17, 15) is 22.8 Å². The van der Waals surface area contributed by atoms with Crippen LogP contribution in [0.25, 0.3) is 21.8 Å². The highest BCUT2D eigenvalue weighted by Crippen LogP contribution is 2.29. The number of carbonyl (C=O) groups is 2. The van der Waals surface area contributed by atoms with Gasteiger partial charge in [-0.2, -0.15) is 18.3 Å². The number of halogens is 3. The third kappa shape index (κ3) is 4.20. The van der Waals surface area contributed by atoms with Gasteiger partial charge in [0.1, 0.15) is 5.82 Å². The number of aromatic nitrogens is 4. The fourth-order valence-corrected chi connectivity index (χ4v) is 3.37. The molecule has 0 aliphatic carbocycles. The van der Waals surface area contributed by atoms with Crippen LogP contribution in [-0.4, -0.2) is 41.9 Å². The van der Waals surface area contributed by atoms with Crippen molar-refractivity contribution in [3.8, 4) is 0 Å². The van der Waals surface area contributed by atoms with Crippen LogP contribution in [0.3, 0.4) is 0 Å². The molecule has 170 valence electrons. The molecule has 0 unspecified atom stereocenters. The molecule has 4 rings (SSSR count). The van der Waals surface area contributed by atoms with Crippen molar-refractivity contribution in [1.29, 1.82) is 0 Å². The molecule has 0 bridgehead atoms. The van der Waals surface area contributed by atoms with Crippen molar-refractivity contribution in [1.82, 2.24) is 30.2 Å². The lowest BCUT2D eigenvalue weighted by Gasteiger charge is -2.22. The number of rotatable bonds is 3. The van der Waals surface area contributed by atoms with Gasteiger partial charge in [0.15, 0.2) is 0 Å². The molecule has 0 spiro atoms. The molecule has 3 heterocycles. The van der Waals surface area contributed by atoms with E-state index in [0.29, 0.717) is 28.0 Å². The van der Waals surface area contributed by atoms with Crippen LogP contribution in [0.2, 0.25) is 0 Å². The topological polar surface area (TPSA) is 139 Å². The van der Waals surface area contributed by atoms with Crippen molar-refractivity contribution in [2.75, 3.05) is 5.73 Å². The Bertz CT molecular complexity index is 1380. The number of carboxylic acid groups (broad SMARTS) is 1. The van der Waals surface area contributed by atoms with Gasteiger partial charge in [-0.05, 0) is 30.3 Å². The van der Waals surface area contributed by atoms with Gasteiger partial charge >= 0.3 is 12.3 Å². The van der Waals surface area contributed by atoms with Gasteiger partial charge in [0.05, 0.1) is 40.4 Å². The molecular formula is C20H16F3N7O3. The first kappa shape index (κ1) is 21.8. The van der Waals surface area contributed by atoms with Crippen LogP contribution in [0, 0.1) is 0 Å². The molecule has 0 saturated carbocycles. The average Bonchev–Trinajstić information content (AvgIpc) is 3.15. The molecule has 4 aromatic rings. The average molecular weight is 459 g/mol. The molecule has 13 heteroatoms. The summed E-state index contributed by atoms with van der Waals surface area (Å²) in [6.07, 6.45) is -3.94. The van der Waals surface area contributed by atoms with Crippen LogP contribution in [0.4, 0.5) is 23.8 Å². The Hall–Kier alpha value is -4.42. The van der Waals surface area contributed by atoms with Gasteiger partial charge in [0.2, 0.25) is 0 Å². The summed E-state index contributed by atoms with van der Waals surface area (Å²) in [7, 11) is 1.70.